The van der Waals surface area contributed by atoms with E-state index in [1.54, 1.807) is 0 Å². The van der Waals surface area contributed by atoms with E-state index in [1.165, 1.54) is 30.5 Å². The first-order chi connectivity index (χ1) is 16.4. The molecule has 34 heavy (non-hydrogen) atoms. The number of nitrogens with zero attached hydrogens (tertiary/aromatic N) is 1. The van der Waals surface area contributed by atoms with Crippen LogP contribution in [0, 0.1) is 23.2 Å². The van der Waals surface area contributed by atoms with Gasteiger partial charge in [-0.15, -0.1) is 0 Å². The van der Waals surface area contributed by atoms with Crippen LogP contribution in [0.3, 0.4) is 0 Å². The van der Waals surface area contributed by atoms with E-state index >= 15 is 0 Å². The zero-order valence-corrected chi connectivity index (χ0v) is 21.1. The summed E-state index contributed by atoms with van der Waals surface area (Å²) in [6.45, 7) is 6.81. The van der Waals surface area contributed by atoms with E-state index in [9.17, 15) is 10.2 Å². The minimum atomic E-state index is -0.499. The van der Waals surface area contributed by atoms with E-state index < -0.39 is 5.60 Å². The van der Waals surface area contributed by atoms with Crippen molar-refractivity contribution in [1.82, 2.24) is 4.90 Å². The highest BCUT2D eigenvalue weighted by Crippen LogP contribution is 2.77. The summed E-state index contributed by atoms with van der Waals surface area (Å²) in [4.78, 5) is 2.83. The van der Waals surface area contributed by atoms with Crippen LogP contribution in [0.2, 0.25) is 0 Å². The molecule has 0 unspecified atom stereocenters. The lowest BCUT2D eigenvalue weighted by atomic mass is 9.34. The van der Waals surface area contributed by atoms with Crippen molar-refractivity contribution in [2.24, 2.45) is 23.2 Å². The Labute approximate surface area is 203 Å². The van der Waals surface area contributed by atoms with Gasteiger partial charge in [0, 0.05) is 42.0 Å². The Bertz CT molecular complexity index is 1010. The minimum absolute atomic E-state index is 0.0736. The summed E-state index contributed by atoms with van der Waals surface area (Å²) < 4.78 is 13.4. The van der Waals surface area contributed by atoms with Gasteiger partial charge in [-0.2, -0.15) is 0 Å². The molecule has 1 saturated heterocycles. The molecule has 5 aliphatic carbocycles. The highest BCUT2D eigenvalue weighted by Gasteiger charge is 2.81. The predicted octanol–water partition coefficient (Wildman–Crippen LogP) is 4.41. The average molecular weight is 468 g/mol. The number of ether oxygens (including phenoxy) is 2. The molecule has 8 rings (SSSR count). The van der Waals surface area contributed by atoms with Crippen LogP contribution in [-0.2, 0) is 16.6 Å². The quantitative estimate of drug-likeness (QED) is 0.622. The number of phenols is 1. The smallest absolute Gasteiger partial charge is 0.165 e. The summed E-state index contributed by atoms with van der Waals surface area (Å²) in [7, 11) is 1.84. The zero-order chi connectivity index (χ0) is 23.5. The fraction of sp³-hybridized carbons (Fsp3) is 0.793. The van der Waals surface area contributed by atoms with Crippen molar-refractivity contribution in [3.05, 3.63) is 23.3 Å². The topological polar surface area (TPSA) is 62.2 Å². The number of hydrogen-bond acceptors (Lipinski definition) is 5. The average Bonchev–Trinajstić information content (AvgIpc) is 3.57. The van der Waals surface area contributed by atoms with Crippen LogP contribution in [-0.4, -0.2) is 59.2 Å². The Morgan fingerprint density at radius 1 is 1.18 bits per heavy atom. The van der Waals surface area contributed by atoms with Crippen molar-refractivity contribution in [1.29, 1.82) is 0 Å². The molecule has 5 heteroatoms. The number of aliphatic hydroxyl groups excluding tert-OH is 1. The molecule has 0 radical (unpaired) electrons. The Hall–Kier alpha value is -1.30. The van der Waals surface area contributed by atoms with E-state index in [1.807, 2.05) is 13.2 Å². The normalized spacial score (nSPS) is 42.6. The summed E-state index contributed by atoms with van der Waals surface area (Å²) in [6, 6.07) is 4.50. The van der Waals surface area contributed by atoms with Crippen molar-refractivity contribution in [2.45, 2.75) is 101 Å². The van der Waals surface area contributed by atoms with Crippen LogP contribution in [0.25, 0.3) is 0 Å². The third-order valence-corrected chi connectivity index (χ3v) is 11.2. The highest BCUT2D eigenvalue weighted by molar-refractivity contribution is 5.63. The lowest BCUT2D eigenvalue weighted by molar-refractivity contribution is -0.290. The SMILES string of the molecule is CO[C@]12CC[C@@]3(C[C@@H]1[C@@H](O)CCC(C)C)[C@H]1Cc4ccc(O)c5c4[C@@]3(CCN1CC1CC1)[C@H]2O5. The Morgan fingerprint density at radius 2 is 2.00 bits per heavy atom. The van der Waals surface area contributed by atoms with Gasteiger partial charge in [-0.1, -0.05) is 19.9 Å². The molecular weight excluding hydrogens is 426 g/mol. The molecule has 2 aliphatic heterocycles. The minimum Gasteiger partial charge on any atom is -0.504 e. The van der Waals surface area contributed by atoms with E-state index in [-0.39, 0.29) is 34.7 Å². The summed E-state index contributed by atoms with van der Waals surface area (Å²) in [5.41, 5.74) is 2.16. The van der Waals surface area contributed by atoms with Gasteiger partial charge in [-0.25, -0.2) is 0 Å². The van der Waals surface area contributed by atoms with Gasteiger partial charge in [-0.05, 0) is 87.8 Å². The second kappa shape index (κ2) is 7.14. The maximum absolute atomic E-state index is 11.6. The van der Waals surface area contributed by atoms with Crippen LogP contribution in [0.1, 0.15) is 76.3 Å². The number of piperidine rings is 1. The van der Waals surface area contributed by atoms with Gasteiger partial charge in [-0.3, -0.25) is 4.90 Å². The number of likely N-dealkylation sites (tertiary alicyclic amines) is 1. The van der Waals surface area contributed by atoms with Gasteiger partial charge in [0.25, 0.3) is 0 Å². The van der Waals surface area contributed by atoms with E-state index in [0.29, 0.717) is 12.0 Å². The molecule has 186 valence electrons. The summed E-state index contributed by atoms with van der Waals surface area (Å²) in [5, 5.41) is 22.6. The first kappa shape index (κ1) is 21.9. The molecule has 0 aromatic heterocycles. The van der Waals surface area contributed by atoms with Crippen molar-refractivity contribution in [2.75, 3.05) is 20.2 Å². The monoisotopic (exact) mass is 467 g/mol. The van der Waals surface area contributed by atoms with Crippen molar-refractivity contribution < 1.29 is 19.7 Å². The molecule has 0 amide bonds. The Kier molecular flexibility index (Phi) is 4.61. The van der Waals surface area contributed by atoms with Crippen molar-refractivity contribution in [3.63, 3.8) is 0 Å². The van der Waals surface area contributed by atoms with Crippen molar-refractivity contribution in [3.8, 4) is 11.5 Å². The summed E-state index contributed by atoms with van der Waals surface area (Å²) in [5.74, 6) is 2.52. The third-order valence-electron chi connectivity index (χ3n) is 11.2. The first-order valence-corrected chi connectivity index (χ1v) is 13.9. The molecule has 4 saturated carbocycles. The largest absolute Gasteiger partial charge is 0.504 e. The maximum Gasteiger partial charge on any atom is 0.165 e. The summed E-state index contributed by atoms with van der Waals surface area (Å²) in [6.07, 6.45) is 9.32. The molecule has 1 aromatic carbocycles. The van der Waals surface area contributed by atoms with Gasteiger partial charge in [0.15, 0.2) is 11.5 Å². The summed E-state index contributed by atoms with van der Waals surface area (Å²) >= 11 is 0. The number of aromatic hydroxyl groups is 1. The molecule has 5 fully saturated rings. The van der Waals surface area contributed by atoms with E-state index in [0.717, 1.165) is 63.2 Å². The van der Waals surface area contributed by atoms with Crippen LogP contribution in [0.5, 0.6) is 11.5 Å². The molecule has 5 nitrogen and oxygen atoms in total. The molecule has 4 bridgehead atoms. The van der Waals surface area contributed by atoms with Gasteiger partial charge < -0.3 is 19.7 Å². The number of hydrogen-bond donors (Lipinski definition) is 2. The number of rotatable bonds is 7. The lowest BCUT2D eigenvalue weighted by Gasteiger charge is -2.74. The number of aliphatic hydroxyl groups is 1. The molecule has 2 heterocycles. The molecule has 1 aromatic rings. The molecule has 7 aliphatic rings. The number of benzene rings is 1. The molecule has 2 spiro atoms. The van der Waals surface area contributed by atoms with Crippen LogP contribution in [0.4, 0.5) is 0 Å². The molecule has 7 atom stereocenters. The van der Waals surface area contributed by atoms with Gasteiger partial charge in [0.2, 0.25) is 0 Å². The second-order valence-electron chi connectivity index (χ2n) is 13.0. The molecular formula is C29H41NO4. The fourth-order valence-corrected chi connectivity index (χ4v) is 9.61. The standard InChI is InChI=1S/C29H41NO4/c1-17(2)4-8-21(31)20-15-27-10-11-29(20,33-3)26-28(27)12-13-30(16-18-5-6-18)23(27)14-19-7-9-22(32)25(34-26)24(19)28/h7,9,17-18,20-21,23,26,31-32H,4-6,8,10-16H2,1-3H3/t20-,21+,23-,26-,27-,28+,29-/m1/s1. The van der Waals surface area contributed by atoms with Crippen LogP contribution < -0.4 is 4.74 Å². The van der Waals surface area contributed by atoms with E-state index in [4.69, 9.17) is 9.47 Å². The Balaban J connectivity index is 1.39. The maximum atomic E-state index is 11.6. The molecule has 2 N–H and O–H groups in total. The Morgan fingerprint density at radius 3 is 2.74 bits per heavy atom. The van der Waals surface area contributed by atoms with Crippen molar-refractivity contribution >= 4 is 0 Å². The number of fused-ring (bicyclic) bond motifs is 2. The third kappa shape index (κ3) is 2.52. The van der Waals surface area contributed by atoms with Crippen LogP contribution in [0.15, 0.2) is 12.1 Å². The number of phenolic OH excluding ortho intramolecular Hbond substituents is 1. The van der Waals surface area contributed by atoms with Gasteiger partial charge >= 0.3 is 0 Å². The highest BCUT2D eigenvalue weighted by atomic mass is 16.6. The van der Waals surface area contributed by atoms with Gasteiger partial charge in [0.05, 0.1) is 6.10 Å². The van der Waals surface area contributed by atoms with E-state index in [2.05, 4.69) is 24.8 Å². The zero-order valence-electron chi connectivity index (χ0n) is 21.1. The second-order valence-corrected chi connectivity index (χ2v) is 13.0. The predicted molar refractivity (Wildman–Crippen MR) is 130 cm³/mol. The number of methoxy groups -OCH3 is 1. The fourth-order valence-electron chi connectivity index (χ4n) is 9.61. The van der Waals surface area contributed by atoms with Crippen LogP contribution >= 0.6 is 0 Å². The van der Waals surface area contributed by atoms with Gasteiger partial charge in [0.1, 0.15) is 11.7 Å². The lowest BCUT2D eigenvalue weighted by Crippen LogP contribution is -2.81. The first-order valence-electron chi connectivity index (χ1n) is 13.9.